The lowest BCUT2D eigenvalue weighted by Gasteiger charge is -2.45. The van der Waals surface area contributed by atoms with Crippen molar-refractivity contribution >= 4 is 23.3 Å². The molecule has 0 amide bonds. The van der Waals surface area contributed by atoms with Crippen LogP contribution in [0.15, 0.2) is 18.2 Å². The van der Waals surface area contributed by atoms with E-state index in [1.54, 1.807) is 5.32 Å². The Morgan fingerprint density at radius 3 is 2.52 bits per heavy atom. The number of hydrogen-bond donors (Lipinski definition) is 5. The largest absolute Gasteiger partial charge is 0.504 e. The number of phenols is 2. The molecule has 11 heteroatoms. The van der Waals surface area contributed by atoms with Gasteiger partial charge in [0.15, 0.2) is 16.6 Å². The monoisotopic (exact) mass is 380 g/mol. The minimum Gasteiger partial charge on any atom is -0.504 e. The molecule has 1 aromatic carbocycles. The van der Waals surface area contributed by atoms with E-state index in [1.165, 1.54) is 13.0 Å². The van der Waals surface area contributed by atoms with Crippen LogP contribution in [0.5, 0.6) is 11.5 Å². The summed E-state index contributed by atoms with van der Waals surface area (Å²) in [6.45, 7) is 1.20. The lowest BCUT2D eigenvalue weighted by Crippen LogP contribution is -2.73. The Bertz CT molecular complexity index is 700. The first-order chi connectivity index (χ1) is 11.5. The first kappa shape index (κ1) is 19.1. The highest BCUT2D eigenvalue weighted by atomic mass is 32.1. The summed E-state index contributed by atoms with van der Waals surface area (Å²) in [5.41, 5.74) is -3.69. The SMILES string of the molecule is CCOC(=O)[C@H]1[C@@H](c2ccc(O)c(O)c2)NC(=S)N[C@]1(O)C(F)(F)F. The van der Waals surface area contributed by atoms with E-state index in [0.29, 0.717) is 0 Å². The third-order valence-electron chi connectivity index (χ3n) is 3.71. The van der Waals surface area contributed by atoms with Crippen LogP contribution in [0.25, 0.3) is 0 Å². The van der Waals surface area contributed by atoms with Gasteiger partial charge in [0.1, 0.15) is 5.92 Å². The van der Waals surface area contributed by atoms with Gasteiger partial charge in [-0.25, -0.2) is 0 Å². The first-order valence-corrected chi connectivity index (χ1v) is 7.48. The van der Waals surface area contributed by atoms with E-state index in [9.17, 15) is 33.3 Å². The summed E-state index contributed by atoms with van der Waals surface area (Å²) in [7, 11) is 0. The number of phenolic OH excluding ortho intramolecular Hbond substituents is 2. The van der Waals surface area contributed by atoms with E-state index in [1.807, 2.05) is 0 Å². The number of alkyl halides is 3. The zero-order chi connectivity index (χ0) is 19.0. The molecule has 0 unspecified atom stereocenters. The molecule has 25 heavy (non-hydrogen) atoms. The highest BCUT2D eigenvalue weighted by molar-refractivity contribution is 7.80. The summed E-state index contributed by atoms with van der Waals surface area (Å²) < 4.78 is 45.1. The van der Waals surface area contributed by atoms with Crippen LogP contribution in [0.1, 0.15) is 18.5 Å². The van der Waals surface area contributed by atoms with Crippen molar-refractivity contribution in [1.29, 1.82) is 0 Å². The van der Waals surface area contributed by atoms with Gasteiger partial charge in [-0.15, -0.1) is 0 Å². The molecule has 0 aromatic heterocycles. The lowest BCUT2D eigenvalue weighted by molar-refractivity contribution is -0.292. The van der Waals surface area contributed by atoms with Crippen molar-refractivity contribution in [2.75, 3.05) is 6.61 Å². The van der Waals surface area contributed by atoms with Crippen LogP contribution in [-0.4, -0.2) is 44.9 Å². The van der Waals surface area contributed by atoms with Crippen molar-refractivity contribution in [3.8, 4) is 11.5 Å². The first-order valence-electron chi connectivity index (χ1n) is 7.07. The predicted molar refractivity (Wildman–Crippen MR) is 82.5 cm³/mol. The van der Waals surface area contributed by atoms with E-state index in [-0.39, 0.29) is 12.2 Å². The fourth-order valence-electron chi connectivity index (χ4n) is 2.55. The maximum absolute atomic E-state index is 13.5. The molecule has 0 spiro atoms. The van der Waals surface area contributed by atoms with Crippen LogP contribution < -0.4 is 10.6 Å². The predicted octanol–water partition coefficient (Wildman–Crippen LogP) is 1.05. The fraction of sp³-hybridized carbons (Fsp3) is 0.429. The van der Waals surface area contributed by atoms with Gasteiger partial charge in [-0.2, -0.15) is 13.2 Å². The van der Waals surface area contributed by atoms with Crippen molar-refractivity contribution < 1.29 is 38.0 Å². The summed E-state index contributed by atoms with van der Waals surface area (Å²) in [4.78, 5) is 12.2. The third-order valence-corrected chi connectivity index (χ3v) is 3.93. The average Bonchev–Trinajstić information content (AvgIpc) is 2.48. The van der Waals surface area contributed by atoms with Gasteiger partial charge < -0.3 is 30.7 Å². The van der Waals surface area contributed by atoms with Gasteiger partial charge in [-0.1, -0.05) is 6.07 Å². The summed E-state index contributed by atoms with van der Waals surface area (Å²) in [6.07, 6.45) is -5.26. The quantitative estimate of drug-likeness (QED) is 0.301. The average molecular weight is 380 g/mol. The second-order valence-electron chi connectivity index (χ2n) is 5.32. The normalized spacial score (nSPS) is 26.5. The van der Waals surface area contributed by atoms with Gasteiger partial charge in [0.2, 0.25) is 0 Å². The zero-order valence-electron chi connectivity index (χ0n) is 12.8. The van der Waals surface area contributed by atoms with Crippen molar-refractivity contribution in [2.45, 2.75) is 24.9 Å². The molecule has 1 heterocycles. The number of rotatable bonds is 3. The third kappa shape index (κ3) is 3.42. The van der Waals surface area contributed by atoms with E-state index in [0.717, 1.165) is 12.1 Å². The van der Waals surface area contributed by atoms with Gasteiger partial charge >= 0.3 is 12.1 Å². The zero-order valence-corrected chi connectivity index (χ0v) is 13.6. The molecule has 5 N–H and O–H groups in total. The molecule has 138 valence electrons. The number of carbonyl (C=O) groups is 1. The molecule has 3 atom stereocenters. The van der Waals surface area contributed by atoms with Crippen LogP contribution in [0.4, 0.5) is 13.2 Å². The summed E-state index contributed by atoms with van der Waals surface area (Å²) in [5, 5.41) is 32.8. The van der Waals surface area contributed by atoms with Gasteiger partial charge in [0.05, 0.1) is 12.6 Å². The molecule has 0 radical (unpaired) electrons. The Balaban J connectivity index is 2.59. The molecular formula is C14H15F3N2O5S. The Morgan fingerprint density at radius 2 is 2.00 bits per heavy atom. The van der Waals surface area contributed by atoms with Gasteiger partial charge in [-0.3, -0.25) is 4.79 Å². The standard InChI is InChI=1S/C14H15F3N2O5S/c1-2-24-11(22)9-10(6-3-4-7(20)8(21)5-6)18-12(25)19-13(9,23)14(15,16)17/h3-5,9-10,20-21,23H,2H2,1H3,(H2,18,19,25)/t9-,10-,13-/m1/s1. The number of nitrogens with one attached hydrogen (secondary N) is 2. The minimum atomic E-state index is -5.26. The molecule has 2 rings (SSSR count). The molecule has 1 saturated heterocycles. The van der Waals surface area contributed by atoms with E-state index < -0.39 is 46.4 Å². The number of esters is 1. The van der Waals surface area contributed by atoms with Crippen LogP contribution in [0.3, 0.4) is 0 Å². The number of aliphatic hydroxyl groups is 1. The summed E-state index contributed by atoms with van der Waals surface area (Å²) in [5.74, 6) is -4.59. The molecule has 7 nitrogen and oxygen atoms in total. The topological polar surface area (TPSA) is 111 Å². The van der Waals surface area contributed by atoms with Gasteiger partial charge in [0, 0.05) is 0 Å². The number of carbonyl (C=O) groups excluding carboxylic acids is 1. The molecule has 1 fully saturated rings. The van der Waals surface area contributed by atoms with Crippen LogP contribution >= 0.6 is 12.2 Å². The van der Waals surface area contributed by atoms with Crippen molar-refractivity contribution in [3.63, 3.8) is 0 Å². The van der Waals surface area contributed by atoms with Gasteiger partial charge in [-0.05, 0) is 36.8 Å². The molecule has 0 aliphatic carbocycles. The molecule has 1 aromatic rings. The number of hydrogen-bond acceptors (Lipinski definition) is 6. The van der Waals surface area contributed by atoms with Crippen LogP contribution in [0.2, 0.25) is 0 Å². The highest BCUT2D eigenvalue weighted by Gasteiger charge is 2.66. The maximum Gasteiger partial charge on any atom is 0.437 e. The highest BCUT2D eigenvalue weighted by Crippen LogP contribution is 2.44. The van der Waals surface area contributed by atoms with Gasteiger partial charge in [0.25, 0.3) is 5.72 Å². The van der Waals surface area contributed by atoms with Crippen molar-refractivity contribution in [1.82, 2.24) is 10.6 Å². The molecular weight excluding hydrogens is 365 g/mol. The second-order valence-corrected chi connectivity index (χ2v) is 5.73. The Morgan fingerprint density at radius 1 is 1.36 bits per heavy atom. The van der Waals surface area contributed by atoms with Crippen molar-refractivity contribution in [2.24, 2.45) is 5.92 Å². The number of aromatic hydroxyl groups is 2. The molecule has 0 saturated carbocycles. The lowest BCUT2D eigenvalue weighted by atomic mass is 9.82. The number of halogens is 3. The van der Waals surface area contributed by atoms with Crippen LogP contribution in [0, 0.1) is 5.92 Å². The van der Waals surface area contributed by atoms with Crippen LogP contribution in [-0.2, 0) is 9.53 Å². The number of ether oxygens (including phenoxy) is 1. The summed E-state index contributed by atoms with van der Waals surface area (Å²) >= 11 is 4.72. The fourth-order valence-corrected chi connectivity index (χ4v) is 2.83. The Labute approximate surface area is 145 Å². The number of benzene rings is 1. The smallest absolute Gasteiger partial charge is 0.437 e. The minimum absolute atomic E-state index is 0.0140. The maximum atomic E-state index is 13.5. The van der Waals surface area contributed by atoms with Crippen molar-refractivity contribution in [3.05, 3.63) is 23.8 Å². The molecule has 1 aliphatic rings. The van der Waals surface area contributed by atoms with E-state index in [4.69, 9.17) is 12.2 Å². The van der Waals surface area contributed by atoms with E-state index in [2.05, 4.69) is 10.1 Å². The number of thiocarbonyl (C=S) groups is 1. The second kappa shape index (κ2) is 6.56. The summed E-state index contributed by atoms with van der Waals surface area (Å²) in [6, 6.07) is 1.71. The Kier molecular flexibility index (Phi) is 5.00. The molecule has 1 aliphatic heterocycles. The Hall–Kier alpha value is -2.27. The van der Waals surface area contributed by atoms with E-state index >= 15 is 0 Å². The molecule has 0 bridgehead atoms.